The Balaban J connectivity index is 2.33. The molecule has 1 N–H and O–H groups in total. The molecule has 1 fully saturated rings. The van der Waals surface area contributed by atoms with Crippen molar-refractivity contribution in [1.29, 1.82) is 0 Å². The van der Waals surface area contributed by atoms with Crippen molar-refractivity contribution in [3.05, 3.63) is 0 Å². The van der Waals surface area contributed by atoms with E-state index >= 15 is 0 Å². The van der Waals surface area contributed by atoms with Crippen LogP contribution in [0.2, 0.25) is 0 Å². The molecular weight excluding hydrogens is 249 g/mol. The number of halogens is 3. The second kappa shape index (κ2) is 6.06. The first kappa shape index (κ1) is 14.8. The van der Waals surface area contributed by atoms with Crippen LogP contribution in [0.25, 0.3) is 0 Å². The number of hydrogen-bond donors (Lipinski definition) is 1. The van der Waals surface area contributed by atoms with Crippen LogP contribution in [0, 0.1) is 5.92 Å². The summed E-state index contributed by atoms with van der Waals surface area (Å²) in [6.45, 7) is 0.822. The van der Waals surface area contributed by atoms with Gasteiger partial charge < -0.3 is 10.2 Å². The van der Waals surface area contributed by atoms with Gasteiger partial charge in [-0.25, -0.2) is 0 Å². The van der Waals surface area contributed by atoms with Crippen LogP contribution >= 0.6 is 0 Å². The summed E-state index contributed by atoms with van der Waals surface area (Å²) >= 11 is 0. The zero-order chi connectivity index (χ0) is 13.8. The quantitative estimate of drug-likeness (QED) is 0.834. The van der Waals surface area contributed by atoms with Crippen LogP contribution in [0.3, 0.4) is 0 Å². The van der Waals surface area contributed by atoms with Crippen molar-refractivity contribution in [2.45, 2.75) is 31.9 Å². The molecule has 1 unspecified atom stereocenters. The van der Waals surface area contributed by atoms with Gasteiger partial charge in [-0.05, 0) is 12.3 Å². The number of rotatable bonds is 4. The highest BCUT2D eigenvalue weighted by Gasteiger charge is 2.32. The molecule has 2 amide bonds. The first-order valence-electron chi connectivity index (χ1n) is 5.87. The molecule has 1 aliphatic rings. The van der Waals surface area contributed by atoms with Crippen molar-refractivity contribution in [3.63, 3.8) is 0 Å². The van der Waals surface area contributed by atoms with E-state index in [0.29, 0.717) is 25.9 Å². The van der Waals surface area contributed by atoms with Crippen LogP contribution in [-0.2, 0) is 9.59 Å². The lowest BCUT2D eigenvalue weighted by Gasteiger charge is -2.17. The fourth-order valence-corrected chi connectivity index (χ4v) is 2.00. The first-order chi connectivity index (χ1) is 8.31. The van der Waals surface area contributed by atoms with Crippen molar-refractivity contribution in [2.24, 2.45) is 5.92 Å². The van der Waals surface area contributed by atoms with Crippen molar-refractivity contribution < 1.29 is 22.8 Å². The van der Waals surface area contributed by atoms with Gasteiger partial charge in [0, 0.05) is 33.0 Å². The lowest BCUT2D eigenvalue weighted by Crippen LogP contribution is -2.30. The third kappa shape index (κ3) is 4.93. The second-order valence-corrected chi connectivity index (χ2v) is 4.49. The molecule has 0 aliphatic carbocycles. The summed E-state index contributed by atoms with van der Waals surface area (Å²) in [5.74, 6) is -0.531. The predicted molar refractivity (Wildman–Crippen MR) is 58.7 cm³/mol. The normalized spacial score (nSPS) is 20.0. The molecule has 104 valence electrons. The molecule has 1 aliphatic heterocycles. The van der Waals surface area contributed by atoms with Crippen LogP contribution in [0.15, 0.2) is 0 Å². The lowest BCUT2D eigenvalue weighted by atomic mass is 10.0. The molecule has 1 heterocycles. The van der Waals surface area contributed by atoms with E-state index in [2.05, 4.69) is 5.32 Å². The Bertz CT molecular complexity index is 318. The summed E-state index contributed by atoms with van der Waals surface area (Å²) in [6, 6.07) is 0. The highest BCUT2D eigenvalue weighted by molar-refractivity contribution is 5.77. The summed E-state index contributed by atoms with van der Waals surface area (Å²) in [5, 5.41) is 2.49. The average molecular weight is 266 g/mol. The van der Waals surface area contributed by atoms with Gasteiger partial charge in [0.15, 0.2) is 0 Å². The monoisotopic (exact) mass is 266 g/mol. The second-order valence-electron chi connectivity index (χ2n) is 4.49. The molecule has 1 saturated heterocycles. The summed E-state index contributed by atoms with van der Waals surface area (Å²) in [7, 11) is 1.53. The molecule has 1 rings (SSSR count). The number of amides is 2. The van der Waals surface area contributed by atoms with Gasteiger partial charge in [0.05, 0.1) is 6.42 Å². The van der Waals surface area contributed by atoms with Gasteiger partial charge in [0.1, 0.15) is 0 Å². The number of nitrogens with one attached hydrogen (secondary N) is 1. The van der Waals surface area contributed by atoms with E-state index in [1.807, 2.05) is 0 Å². The Morgan fingerprint density at radius 1 is 1.39 bits per heavy atom. The Kier molecular flexibility index (Phi) is 4.98. The Hall–Kier alpha value is -1.27. The van der Waals surface area contributed by atoms with Crippen LogP contribution in [0.5, 0.6) is 0 Å². The minimum Gasteiger partial charge on any atom is -0.359 e. The zero-order valence-corrected chi connectivity index (χ0v) is 10.2. The summed E-state index contributed by atoms with van der Waals surface area (Å²) < 4.78 is 35.9. The maximum Gasteiger partial charge on any atom is 0.389 e. The predicted octanol–water partition coefficient (Wildman–Crippen LogP) is 1.31. The van der Waals surface area contributed by atoms with Gasteiger partial charge in [-0.3, -0.25) is 9.59 Å². The summed E-state index contributed by atoms with van der Waals surface area (Å²) in [5.41, 5.74) is 0. The van der Waals surface area contributed by atoms with E-state index in [1.165, 1.54) is 11.9 Å². The molecule has 18 heavy (non-hydrogen) atoms. The van der Waals surface area contributed by atoms with E-state index in [9.17, 15) is 22.8 Å². The van der Waals surface area contributed by atoms with Crippen LogP contribution < -0.4 is 5.32 Å². The smallest absolute Gasteiger partial charge is 0.359 e. The zero-order valence-electron chi connectivity index (χ0n) is 10.2. The third-order valence-corrected chi connectivity index (χ3v) is 3.01. The number of likely N-dealkylation sites (tertiary alicyclic amines) is 1. The minimum absolute atomic E-state index is 0.0554. The number of alkyl halides is 3. The van der Waals surface area contributed by atoms with Crippen LogP contribution in [-0.4, -0.2) is 43.0 Å². The molecular formula is C11H17F3N2O2. The summed E-state index contributed by atoms with van der Waals surface area (Å²) in [4.78, 5) is 24.1. The van der Waals surface area contributed by atoms with Gasteiger partial charge in [-0.2, -0.15) is 13.2 Å². The van der Waals surface area contributed by atoms with E-state index in [-0.39, 0.29) is 11.8 Å². The van der Waals surface area contributed by atoms with E-state index < -0.39 is 24.9 Å². The molecule has 0 aromatic carbocycles. The average Bonchev–Trinajstić information content (AvgIpc) is 2.73. The molecule has 0 bridgehead atoms. The van der Waals surface area contributed by atoms with E-state index in [1.54, 1.807) is 0 Å². The maximum atomic E-state index is 12.0. The molecule has 1 atom stereocenters. The number of carbonyl (C=O) groups is 2. The number of nitrogens with zero attached hydrogens (tertiary/aromatic N) is 1. The van der Waals surface area contributed by atoms with E-state index in [4.69, 9.17) is 0 Å². The van der Waals surface area contributed by atoms with Crippen LogP contribution in [0.1, 0.15) is 25.7 Å². The SMILES string of the molecule is CNC(=O)CC1CCN(C(=O)CCC(F)(F)F)C1. The fourth-order valence-electron chi connectivity index (χ4n) is 2.00. The molecule has 4 nitrogen and oxygen atoms in total. The lowest BCUT2D eigenvalue weighted by molar-refractivity contribution is -0.148. The topological polar surface area (TPSA) is 49.4 Å². The van der Waals surface area contributed by atoms with Gasteiger partial charge in [0.2, 0.25) is 11.8 Å². The molecule has 0 aromatic rings. The number of carbonyl (C=O) groups excluding carboxylic acids is 2. The standard InChI is InChI=1S/C11H17F3N2O2/c1-15-9(17)6-8-3-5-16(7-8)10(18)2-4-11(12,13)14/h8H,2-7H2,1H3,(H,15,17). The van der Waals surface area contributed by atoms with E-state index in [0.717, 1.165) is 0 Å². The first-order valence-corrected chi connectivity index (χ1v) is 5.87. The Morgan fingerprint density at radius 3 is 2.61 bits per heavy atom. The summed E-state index contributed by atoms with van der Waals surface area (Å²) in [6.07, 6.45) is -4.89. The molecule has 0 radical (unpaired) electrons. The maximum absolute atomic E-state index is 12.0. The van der Waals surface area contributed by atoms with Gasteiger partial charge in [-0.15, -0.1) is 0 Å². The molecule has 0 saturated carbocycles. The van der Waals surface area contributed by atoms with Crippen molar-refractivity contribution in [2.75, 3.05) is 20.1 Å². The third-order valence-electron chi connectivity index (χ3n) is 3.01. The largest absolute Gasteiger partial charge is 0.389 e. The fraction of sp³-hybridized carbons (Fsp3) is 0.818. The molecule has 7 heteroatoms. The van der Waals surface area contributed by atoms with Gasteiger partial charge in [-0.1, -0.05) is 0 Å². The Labute approximate surface area is 104 Å². The van der Waals surface area contributed by atoms with Gasteiger partial charge in [0.25, 0.3) is 0 Å². The minimum atomic E-state index is -4.29. The molecule has 0 aromatic heterocycles. The highest BCUT2D eigenvalue weighted by atomic mass is 19.4. The van der Waals surface area contributed by atoms with Crippen molar-refractivity contribution >= 4 is 11.8 Å². The molecule has 0 spiro atoms. The Morgan fingerprint density at radius 2 is 2.06 bits per heavy atom. The van der Waals surface area contributed by atoms with Crippen molar-refractivity contribution in [1.82, 2.24) is 10.2 Å². The van der Waals surface area contributed by atoms with Crippen LogP contribution in [0.4, 0.5) is 13.2 Å². The number of hydrogen-bond acceptors (Lipinski definition) is 2. The van der Waals surface area contributed by atoms with Crippen molar-refractivity contribution in [3.8, 4) is 0 Å². The highest BCUT2D eigenvalue weighted by Crippen LogP contribution is 2.24. The van der Waals surface area contributed by atoms with Gasteiger partial charge >= 0.3 is 6.18 Å².